The first kappa shape index (κ1) is 23.4. The molecule has 2 aromatic carbocycles. The number of carbonyl (C=O) groups is 3. The number of carbonyl (C=O) groups excluding carboxylic acids is 3. The van der Waals surface area contributed by atoms with Crippen LogP contribution in [0.5, 0.6) is 0 Å². The zero-order chi connectivity index (χ0) is 25.5. The van der Waals surface area contributed by atoms with E-state index in [-0.39, 0.29) is 31.2 Å². The van der Waals surface area contributed by atoms with Gasteiger partial charge in [-0.05, 0) is 18.6 Å². The number of piperazine rings is 1. The molecule has 3 aliphatic heterocycles. The minimum absolute atomic E-state index is 0.183. The van der Waals surface area contributed by atoms with Gasteiger partial charge in [-0.25, -0.2) is 9.37 Å². The summed E-state index contributed by atoms with van der Waals surface area (Å²) in [6.07, 6.45) is 2.39. The second kappa shape index (κ2) is 9.44. The Hall–Kier alpha value is -4.05. The van der Waals surface area contributed by atoms with Crippen LogP contribution in [-0.2, 0) is 22.7 Å². The van der Waals surface area contributed by atoms with Crippen molar-refractivity contribution >= 4 is 23.4 Å². The van der Waals surface area contributed by atoms with Crippen LogP contribution in [0.25, 0.3) is 11.4 Å². The Morgan fingerprint density at radius 3 is 2.57 bits per heavy atom. The molecular weight excluding hydrogens is 475 g/mol. The van der Waals surface area contributed by atoms with Gasteiger partial charge in [0.25, 0.3) is 5.91 Å². The lowest BCUT2D eigenvalue weighted by Crippen LogP contribution is -2.52. The fraction of sp³-hybridized carbons (Fsp3) is 0.333. The van der Waals surface area contributed by atoms with Crippen LogP contribution >= 0.6 is 0 Å². The Labute approximate surface area is 213 Å². The van der Waals surface area contributed by atoms with E-state index in [9.17, 15) is 18.8 Å². The summed E-state index contributed by atoms with van der Waals surface area (Å²) >= 11 is 0. The molecule has 3 aromatic rings. The number of hydrogen-bond donors (Lipinski definition) is 2. The van der Waals surface area contributed by atoms with Crippen molar-refractivity contribution < 1.29 is 18.8 Å². The number of nitrogens with one attached hydrogen (secondary N) is 2. The van der Waals surface area contributed by atoms with E-state index in [0.717, 1.165) is 35.7 Å². The van der Waals surface area contributed by atoms with Gasteiger partial charge in [0.05, 0.1) is 5.69 Å². The summed E-state index contributed by atoms with van der Waals surface area (Å²) in [5.41, 5.74) is 3.74. The number of halogens is 1. The predicted molar refractivity (Wildman–Crippen MR) is 134 cm³/mol. The maximum Gasteiger partial charge on any atom is 0.255 e. The first-order valence-electron chi connectivity index (χ1n) is 12.5. The number of nitrogens with zero attached hydrogens (tertiary/aromatic N) is 4. The van der Waals surface area contributed by atoms with Gasteiger partial charge < -0.3 is 14.8 Å². The van der Waals surface area contributed by atoms with Crippen LogP contribution in [0.1, 0.15) is 34.5 Å². The third kappa shape index (κ3) is 4.48. The van der Waals surface area contributed by atoms with Crippen molar-refractivity contribution in [3.05, 3.63) is 71.3 Å². The standard InChI is InChI=1S/C27H27FN6O3/c28-18-12-20-21(16-34(27(20)37)22-6-7-24(35)31-26(22)36)23(13-18)33-10-8-32(9-11-33)15-19-14-29-25(30-19)17-4-2-1-3-5-17/h1-5,12-14,22H,6-11,15-16H2,(H,29,30)(H,31,35,36). The maximum atomic E-state index is 14.6. The van der Waals surface area contributed by atoms with E-state index in [2.05, 4.69) is 20.1 Å². The van der Waals surface area contributed by atoms with Crippen LogP contribution in [0.4, 0.5) is 10.1 Å². The van der Waals surface area contributed by atoms with Crippen molar-refractivity contribution in [3.63, 3.8) is 0 Å². The molecule has 1 unspecified atom stereocenters. The lowest BCUT2D eigenvalue weighted by molar-refractivity contribution is -0.136. The van der Waals surface area contributed by atoms with Crippen LogP contribution in [-0.4, -0.2) is 69.7 Å². The van der Waals surface area contributed by atoms with Gasteiger partial charge in [-0.3, -0.25) is 24.6 Å². The number of anilines is 1. The molecule has 6 rings (SSSR count). The molecule has 4 heterocycles. The Morgan fingerprint density at radius 2 is 1.81 bits per heavy atom. The Bertz CT molecular complexity index is 1370. The molecular formula is C27H27FN6O3. The minimum Gasteiger partial charge on any atom is -0.369 e. The highest BCUT2D eigenvalue weighted by atomic mass is 19.1. The third-order valence-corrected chi connectivity index (χ3v) is 7.37. The number of hydrogen-bond acceptors (Lipinski definition) is 6. The number of imidazole rings is 1. The van der Waals surface area contributed by atoms with Gasteiger partial charge in [-0.15, -0.1) is 0 Å². The molecule has 3 amide bonds. The van der Waals surface area contributed by atoms with Gasteiger partial charge in [0.1, 0.15) is 17.7 Å². The molecule has 10 heteroatoms. The topological polar surface area (TPSA) is 102 Å². The highest BCUT2D eigenvalue weighted by Crippen LogP contribution is 2.35. The number of amides is 3. The molecule has 2 N–H and O–H groups in total. The Kier molecular flexibility index (Phi) is 5.96. The molecule has 3 aliphatic rings. The quantitative estimate of drug-likeness (QED) is 0.520. The van der Waals surface area contributed by atoms with E-state index >= 15 is 0 Å². The van der Waals surface area contributed by atoms with Crippen molar-refractivity contribution in [3.8, 4) is 11.4 Å². The Morgan fingerprint density at radius 1 is 1.03 bits per heavy atom. The molecule has 0 aliphatic carbocycles. The van der Waals surface area contributed by atoms with Gasteiger partial charge in [-0.2, -0.15) is 0 Å². The monoisotopic (exact) mass is 502 g/mol. The summed E-state index contributed by atoms with van der Waals surface area (Å²) < 4.78 is 14.6. The number of H-pyrrole nitrogens is 1. The summed E-state index contributed by atoms with van der Waals surface area (Å²) in [5, 5.41) is 2.31. The van der Waals surface area contributed by atoms with Gasteiger partial charge in [-0.1, -0.05) is 30.3 Å². The number of aromatic amines is 1. The second-order valence-electron chi connectivity index (χ2n) is 9.72. The molecule has 0 bridgehead atoms. The molecule has 190 valence electrons. The van der Waals surface area contributed by atoms with Crippen LogP contribution in [0.2, 0.25) is 0 Å². The molecule has 0 spiro atoms. The molecule has 0 saturated carbocycles. The number of imide groups is 1. The highest BCUT2D eigenvalue weighted by molar-refractivity contribution is 6.06. The predicted octanol–water partition coefficient (Wildman–Crippen LogP) is 2.30. The average molecular weight is 503 g/mol. The van der Waals surface area contributed by atoms with Crippen molar-refractivity contribution in [1.29, 1.82) is 0 Å². The molecule has 2 fully saturated rings. The highest BCUT2D eigenvalue weighted by Gasteiger charge is 2.41. The van der Waals surface area contributed by atoms with E-state index < -0.39 is 17.8 Å². The fourth-order valence-corrected chi connectivity index (χ4v) is 5.45. The number of fused-ring (bicyclic) bond motifs is 1. The van der Waals surface area contributed by atoms with E-state index in [1.54, 1.807) is 0 Å². The number of aromatic nitrogens is 2. The van der Waals surface area contributed by atoms with E-state index in [1.807, 2.05) is 36.5 Å². The Balaban J connectivity index is 1.14. The smallest absolute Gasteiger partial charge is 0.255 e. The van der Waals surface area contributed by atoms with Crippen LogP contribution in [0, 0.1) is 5.82 Å². The summed E-state index contributed by atoms with van der Waals surface area (Å²) in [6, 6.07) is 12.0. The third-order valence-electron chi connectivity index (χ3n) is 7.37. The largest absolute Gasteiger partial charge is 0.369 e. The fourth-order valence-electron chi connectivity index (χ4n) is 5.45. The van der Waals surface area contributed by atoms with E-state index in [1.165, 1.54) is 17.0 Å². The first-order chi connectivity index (χ1) is 18.0. The SMILES string of the molecule is O=C1CCC(N2Cc3c(cc(F)cc3N3CCN(Cc4c[nH]c(-c5ccccc5)n4)CC3)C2=O)C(=O)N1. The number of benzene rings is 2. The van der Waals surface area contributed by atoms with Crippen LogP contribution in [0.15, 0.2) is 48.7 Å². The van der Waals surface area contributed by atoms with Gasteiger partial charge in [0.2, 0.25) is 11.8 Å². The zero-order valence-corrected chi connectivity index (χ0v) is 20.2. The van der Waals surface area contributed by atoms with Crippen molar-refractivity contribution in [2.45, 2.75) is 32.0 Å². The summed E-state index contributed by atoms with van der Waals surface area (Å²) in [4.78, 5) is 50.9. The average Bonchev–Trinajstić information content (AvgIpc) is 3.49. The zero-order valence-electron chi connectivity index (χ0n) is 20.2. The summed E-state index contributed by atoms with van der Waals surface area (Å²) in [7, 11) is 0. The lowest BCUT2D eigenvalue weighted by Gasteiger charge is -2.36. The van der Waals surface area contributed by atoms with Gasteiger partial charge >= 0.3 is 0 Å². The van der Waals surface area contributed by atoms with Gasteiger partial charge in [0.15, 0.2) is 0 Å². The molecule has 37 heavy (non-hydrogen) atoms. The van der Waals surface area contributed by atoms with Crippen LogP contribution < -0.4 is 10.2 Å². The molecule has 2 saturated heterocycles. The minimum atomic E-state index is -0.722. The summed E-state index contributed by atoms with van der Waals surface area (Å²) in [6.45, 7) is 3.83. The molecule has 1 aromatic heterocycles. The van der Waals surface area contributed by atoms with Crippen molar-refractivity contribution in [1.82, 2.24) is 25.1 Å². The number of piperidine rings is 1. The van der Waals surface area contributed by atoms with E-state index in [0.29, 0.717) is 30.9 Å². The molecule has 1 atom stereocenters. The molecule has 9 nitrogen and oxygen atoms in total. The van der Waals surface area contributed by atoms with Gasteiger partial charge in [0, 0.05) is 74.3 Å². The molecule has 0 radical (unpaired) electrons. The maximum absolute atomic E-state index is 14.6. The van der Waals surface area contributed by atoms with Crippen molar-refractivity contribution in [2.75, 3.05) is 31.1 Å². The lowest BCUT2D eigenvalue weighted by atomic mass is 10.0. The van der Waals surface area contributed by atoms with E-state index in [4.69, 9.17) is 4.98 Å². The van der Waals surface area contributed by atoms with Crippen LogP contribution in [0.3, 0.4) is 0 Å². The van der Waals surface area contributed by atoms with Crippen molar-refractivity contribution in [2.24, 2.45) is 0 Å². The second-order valence-corrected chi connectivity index (χ2v) is 9.72. The number of rotatable bonds is 5. The first-order valence-corrected chi connectivity index (χ1v) is 12.5. The summed E-state index contributed by atoms with van der Waals surface area (Å²) in [5.74, 6) is -0.797. The normalized spacial score (nSPS) is 20.4.